The minimum absolute atomic E-state index is 0.0644. The molecule has 0 N–H and O–H groups in total. The minimum atomic E-state index is -0.650. The molecule has 0 aliphatic heterocycles. The van der Waals surface area contributed by atoms with Gasteiger partial charge < -0.3 is 0 Å². The van der Waals surface area contributed by atoms with Gasteiger partial charge in [0.1, 0.15) is 0 Å². The van der Waals surface area contributed by atoms with Gasteiger partial charge in [-0.05, 0) is 129 Å². The molecule has 1 atom stereocenters. The average molecular weight is 467 g/mol. The Kier molecular flexibility index (Phi) is 8.83. The van der Waals surface area contributed by atoms with Crippen molar-refractivity contribution in [3.05, 3.63) is 59.2 Å². The van der Waals surface area contributed by atoms with E-state index in [1.165, 1.54) is 44.9 Å². The molecule has 2 saturated carbocycles. The smallest absolute Gasteiger partial charge is 0.166 e. The van der Waals surface area contributed by atoms with E-state index in [0.717, 1.165) is 60.8 Å². The molecular weight excluding hydrogens is 422 g/mol. The number of aryl methyl sites for hydroxylation is 1. The van der Waals surface area contributed by atoms with Gasteiger partial charge in [0.05, 0.1) is 0 Å². The maximum Gasteiger partial charge on any atom is 0.166 e. The van der Waals surface area contributed by atoms with Gasteiger partial charge in [-0.1, -0.05) is 51.0 Å². The fourth-order valence-electron chi connectivity index (χ4n) is 6.91. The predicted octanol–water partition coefficient (Wildman–Crippen LogP) is 10.1. The lowest BCUT2D eigenvalue weighted by atomic mass is 9.67. The molecule has 0 spiro atoms. The maximum absolute atomic E-state index is 15.3. The fraction of sp³-hybridized carbons (Fsp3) is 0.625. The van der Waals surface area contributed by atoms with Crippen molar-refractivity contribution in [2.24, 2.45) is 23.7 Å². The van der Waals surface area contributed by atoms with Crippen LogP contribution in [-0.4, -0.2) is 0 Å². The summed E-state index contributed by atoms with van der Waals surface area (Å²) in [7, 11) is 0. The average Bonchev–Trinajstić information content (AvgIpc) is 2.87. The molecule has 1 unspecified atom stereocenters. The Balaban J connectivity index is 1.40. The molecule has 2 aliphatic carbocycles. The molecule has 2 fully saturated rings. The Morgan fingerprint density at radius 3 is 2.21 bits per heavy atom. The van der Waals surface area contributed by atoms with Crippen LogP contribution in [0, 0.1) is 35.3 Å². The molecule has 0 nitrogen and oxygen atoms in total. The minimum Gasteiger partial charge on any atom is -0.203 e. The van der Waals surface area contributed by atoms with Gasteiger partial charge >= 0.3 is 0 Å². The Bertz CT molecular complexity index is 959. The third kappa shape index (κ3) is 5.74. The fourth-order valence-corrected chi connectivity index (χ4v) is 6.91. The van der Waals surface area contributed by atoms with Crippen molar-refractivity contribution < 1.29 is 8.78 Å². The van der Waals surface area contributed by atoms with Crippen LogP contribution in [0.1, 0.15) is 108 Å². The second-order valence-electron chi connectivity index (χ2n) is 11.3. The first-order chi connectivity index (χ1) is 16.5. The lowest BCUT2D eigenvalue weighted by molar-refractivity contribution is 0.147. The second kappa shape index (κ2) is 11.8. The van der Waals surface area contributed by atoms with Gasteiger partial charge in [0.25, 0.3) is 0 Å². The highest BCUT2D eigenvalue weighted by molar-refractivity contribution is 5.85. The quantitative estimate of drug-likeness (QED) is 0.268. The summed E-state index contributed by atoms with van der Waals surface area (Å²) in [5.74, 6) is 1.75. The van der Waals surface area contributed by atoms with Gasteiger partial charge in [0, 0.05) is 5.39 Å². The number of fused-ring (bicyclic) bond motifs is 1. The van der Waals surface area contributed by atoms with Gasteiger partial charge in [0.2, 0.25) is 0 Å². The van der Waals surface area contributed by atoms with Crippen LogP contribution in [0.3, 0.4) is 0 Å². The zero-order valence-corrected chi connectivity index (χ0v) is 21.6. The number of allylic oxidation sites excluding steroid dienone is 2. The summed E-state index contributed by atoms with van der Waals surface area (Å²) in [4.78, 5) is 0. The summed E-state index contributed by atoms with van der Waals surface area (Å²) in [5, 5.41) is 1.28. The topological polar surface area (TPSA) is 0 Å². The van der Waals surface area contributed by atoms with E-state index in [2.05, 4.69) is 39.0 Å². The largest absolute Gasteiger partial charge is 0.203 e. The van der Waals surface area contributed by atoms with E-state index in [1.54, 1.807) is 0 Å². The van der Waals surface area contributed by atoms with E-state index in [4.69, 9.17) is 0 Å². The van der Waals surface area contributed by atoms with E-state index in [9.17, 15) is 0 Å². The number of hydrogen-bond acceptors (Lipinski definition) is 0. The van der Waals surface area contributed by atoms with Crippen molar-refractivity contribution in [2.45, 2.75) is 104 Å². The standard InChI is InChI=1S/C32H44F2/c1-4-6-7-9-24-12-15-28-21-29(31(33)32(34)30(28)20-24)22(3)25-16-18-27(19-17-25)26-13-10-23(8-5-2)11-14-26/h5,8,12,15,20-23,25-27H,4,6-7,9-11,13-14,16-19H2,1-3H3/b8-5+. The summed E-state index contributed by atoms with van der Waals surface area (Å²) < 4.78 is 30.4. The molecule has 0 heterocycles. The highest BCUT2D eigenvalue weighted by Gasteiger charge is 2.33. The highest BCUT2D eigenvalue weighted by Crippen LogP contribution is 2.45. The predicted molar refractivity (Wildman–Crippen MR) is 141 cm³/mol. The summed E-state index contributed by atoms with van der Waals surface area (Å²) in [6, 6.07) is 7.90. The molecule has 4 rings (SSSR count). The molecule has 0 aromatic heterocycles. The van der Waals surface area contributed by atoms with Crippen LogP contribution < -0.4 is 0 Å². The van der Waals surface area contributed by atoms with E-state index >= 15 is 8.78 Å². The zero-order valence-electron chi connectivity index (χ0n) is 21.6. The van der Waals surface area contributed by atoms with Crippen molar-refractivity contribution in [1.29, 1.82) is 0 Å². The molecule has 0 bridgehead atoms. The van der Waals surface area contributed by atoms with Crippen LogP contribution in [0.5, 0.6) is 0 Å². The Hall–Kier alpha value is -1.70. The van der Waals surface area contributed by atoms with Crippen LogP contribution in [0.25, 0.3) is 10.8 Å². The molecule has 186 valence electrons. The number of unbranched alkanes of at least 4 members (excludes halogenated alkanes) is 2. The lowest BCUT2D eigenvalue weighted by Crippen LogP contribution is -2.27. The van der Waals surface area contributed by atoms with Crippen LogP contribution in [0.4, 0.5) is 8.78 Å². The van der Waals surface area contributed by atoms with Crippen molar-refractivity contribution in [1.82, 2.24) is 0 Å². The monoisotopic (exact) mass is 466 g/mol. The number of benzene rings is 2. The Morgan fingerprint density at radius 2 is 1.56 bits per heavy atom. The van der Waals surface area contributed by atoms with Crippen molar-refractivity contribution in [3.8, 4) is 0 Å². The SMILES string of the molecule is C/C=C/C1CCC(C2CCC(C(C)c3cc4ccc(CCCCC)cc4c(F)c3F)CC2)CC1. The Morgan fingerprint density at radius 1 is 0.882 bits per heavy atom. The summed E-state index contributed by atoms with van der Waals surface area (Å²) in [6.07, 6.45) is 19.2. The van der Waals surface area contributed by atoms with E-state index in [1.807, 2.05) is 18.2 Å². The zero-order chi connectivity index (χ0) is 24.1. The van der Waals surface area contributed by atoms with Crippen LogP contribution in [-0.2, 0) is 6.42 Å². The highest BCUT2D eigenvalue weighted by atomic mass is 19.2. The Labute approximate surface area is 206 Å². The molecule has 2 heteroatoms. The molecule has 2 aromatic carbocycles. The molecule has 2 aromatic rings. The van der Waals surface area contributed by atoms with E-state index in [0.29, 0.717) is 16.9 Å². The third-order valence-electron chi connectivity index (χ3n) is 9.14. The number of hydrogen-bond donors (Lipinski definition) is 0. The molecule has 34 heavy (non-hydrogen) atoms. The van der Waals surface area contributed by atoms with Crippen molar-refractivity contribution in [3.63, 3.8) is 0 Å². The van der Waals surface area contributed by atoms with Crippen LogP contribution in [0.2, 0.25) is 0 Å². The lowest BCUT2D eigenvalue weighted by Gasteiger charge is -2.39. The van der Waals surface area contributed by atoms with Gasteiger partial charge in [0.15, 0.2) is 11.6 Å². The van der Waals surface area contributed by atoms with Crippen molar-refractivity contribution >= 4 is 10.8 Å². The summed E-state index contributed by atoms with van der Waals surface area (Å²) in [5.41, 5.74) is 1.69. The normalized spacial score (nSPS) is 26.9. The van der Waals surface area contributed by atoms with Crippen molar-refractivity contribution in [2.75, 3.05) is 0 Å². The molecule has 0 saturated heterocycles. The van der Waals surface area contributed by atoms with Crippen LogP contribution in [0.15, 0.2) is 36.4 Å². The first kappa shape index (κ1) is 25.4. The number of rotatable bonds is 8. The molecular formula is C32H44F2. The third-order valence-corrected chi connectivity index (χ3v) is 9.14. The van der Waals surface area contributed by atoms with Gasteiger partial charge in [-0.2, -0.15) is 0 Å². The summed E-state index contributed by atoms with van der Waals surface area (Å²) >= 11 is 0. The summed E-state index contributed by atoms with van der Waals surface area (Å²) in [6.45, 7) is 6.43. The van der Waals surface area contributed by atoms with Crippen LogP contribution >= 0.6 is 0 Å². The number of halogens is 2. The van der Waals surface area contributed by atoms with Gasteiger partial charge in [-0.15, -0.1) is 0 Å². The molecule has 2 aliphatic rings. The van der Waals surface area contributed by atoms with E-state index < -0.39 is 11.6 Å². The molecule has 0 amide bonds. The first-order valence-electron chi connectivity index (χ1n) is 14.0. The molecule has 0 radical (unpaired) electrons. The second-order valence-corrected chi connectivity index (χ2v) is 11.3. The van der Waals surface area contributed by atoms with Gasteiger partial charge in [-0.3, -0.25) is 0 Å². The maximum atomic E-state index is 15.3. The first-order valence-corrected chi connectivity index (χ1v) is 14.0. The van der Waals surface area contributed by atoms with E-state index in [-0.39, 0.29) is 5.92 Å². The van der Waals surface area contributed by atoms with Gasteiger partial charge in [-0.25, -0.2) is 8.78 Å².